The first-order valence-corrected chi connectivity index (χ1v) is 14.4. The summed E-state index contributed by atoms with van der Waals surface area (Å²) in [4.78, 5) is 39.4. The number of thioether (sulfide) groups is 1. The zero-order chi connectivity index (χ0) is 28.5. The van der Waals surface area contributed by atoms with Gasteiger partial charge in [0.25, 0.3) is 11.8 Å². The third-order valence-electron chi connectivity index (χ3n) is 5.30. The summed E-state index contributed by atoms with van der Waals surface area (Å²) in [5.41, 5.74) is 2.23. The van der Waals surface area contributed by atoms with Crippen LogP contribution in [0.1, 0.15) is 15.9 Å². The molecule has 0 spiro atoms. The smallest absolute Gasteiger partial charge is 0.272 e. The van der Waals surface area contributed by atoms with Crippen molar-refractivity contribution in [2.24, 2.45) is 0 Å². The van der Waals surface area contributed by atoms with Crippen molar-refractivity contribution in [2.45, 2.75) is 4.90 Å². The lowest BCUT2D eigenvalue weighted by molar-refractivity contribution is -0.114. The van der Waals surface area contributed by atoms with E-state index in [1.807, 2.05) is 36.4 Å². The van der Waals surface area contributed by atoms with Gasteiger partial charge >= 0.3 is 0 Å². The number of carbonyl (C=O) groups is 3. The van der Waals surface area contributed by atoms with Crippen LogP contribution in [-0.2, 0) is 9.59 Å². The van der Waals surface area contributed by atoms with E-state index >= 15 is 0 Å². The second-order valence-corrected chi connectivity index (χ2v) is 11.2. The minimum atomic E-state index is -0.498. The summed E-state index contributed by atoms with van der Waals surface area (Å²) in [6, 6.07) is 27.9. The fourth-order valence-corrected chi connectivity index (χ4v) is 5.24. The van der Waals surface area contributed by atoms with Crippen molar-refractivity contribution in [1.29, 1.82) is 0 Å². The number of hydrogen-bond donors (Lipinski definition) is 3. The van der Waals surface area contributed by atoms with Gasteiger partial charge < -0.3 is 16.0 Å². The first kappa shape index (κ1) is 29.4. The van der Waals surface area contributed by atoms with E-state index in [1.165, 1.54) is 11.8 Å². The van der Waals surface area contributed by atoms with Crippen LogP contribution in [0.5, 0.6) is 0 Å². The third-order valence-corrected chi connectivity index (χ3v) is 7.22. The molecule has 0 fully saturated rings. The topological polar surface area (TPSA) is 87.3 Å². The van der Waals surface area contributed by atoms with E-state index in [4.69, 9.17) is 23.2 Å². The summed E-state index contributed by atoms with van der Waals surface area (Å²) in [6.45, 7) is 0. The lowest BCUT2D eigenvalue weighted by Gasteiger charge is -2.12. The Hall–Kier alpha value is -3.56. The highest BCUT2D eigenvalue weighted by molar-refractivity contribution is 9.10. The van der Waals surface area contributed by atoms with E-state index in [2.05, 4.69) is 31.9 Å². The van der Waals surface area contributed by atoms with Gasteiger partial charge in [0, 0.05) is 36.4 Å². The molecule has 0 atom stereocenters. The highest BCUT2D eigenvalue weighted by Gasteiger charge is 2.16. The zero-order valence-corrected chi connectivity index (χ0v) is 24.7. The Bertz CT molecular complexity index is 1560. The number of nitrogens with one attached hydrogen (secondary N) is 3. The minimum Gasteiger partial charge on any atom is -0.325 e. The van der Waals surface area contributed by atoms with Gasteiger partial charge in [0.1, 0.15) is 5.70 Å². The second-order valence-electron chi connectivity index (χ2n) is 8.41. The quantitative estimate of drug-likeness (QED) is 0.127. The fraction of sp³-hybridized carbons (Fsp3) is 0.0333. The van der Waals surface area contributed by atoms with Crippen LogP contribution in [0, 0.1) is 0 Å². The Morgan fingerprint density at radius 2 is 1.50 bits per heavy atom. The summed E-state index contributed by atoms with van der Waals surface area (Å²) in [6.07, 6.45) is 1.60. The van der Waals surface area contributed by atoms with Crippen molar-refractivity contribution in [3.05, 3.63) is 128 Å². The van der Waals surface area contributed by atoms with Crippen molar-refractivity contribution in [2.75, 3.05) is 16.4 Å². The van der Waals surface area contributed by atoms with Crippen LogP contribution >= 0.6 is 50.9 Å². The molecule has 3 N–H and O–H groups in total. The maximum atomic E-state index is 13.3. The van der Waals surface area contributed by atoms with Crippen LogP contribution in [0.3, 0.4) is 0 Å². The van der Waals surface area contributed by atoms with Crippen LogP contribution in [0.15, 0.2) is 112 Å². The minimum absolute atomic E-state index is 0.0737. The molecule has 6 nitrogen and oxygen atoms in total. The number of benzene rings is 4. The van der Waals surface area contributed by atoms with Gasteiger partial charge in [-0.2, -0.15) is 0 Å². The molecule has 0 radical (unpaired) electrons. The Morgan fingerprint density at radius 3 is 2.23 bits per heavy atom. The lowest BCUT2D eigenvalue weighted by Crippen LogP contribution is -2.30. The third kappa shape index (κ3) is 8.99. The molecule has 4 aromatic rings. The van der Waals surface area contributed by atoms with Crippen molar-refractivity contribution >= 4 is 86.1 Å². The molecular formula is C30H22BrCl2N3O3S. The molecule has 10 heteroatoms. The van der Waals surface area contributed by atoms with Gasteiger partial charge in [-0.25, -0.2) is 0 Å². The Labute approximate surface area is 254 Å². The zero-order valence-electron chi connectivity index (χ0n) is 20.8. The van der Waals surface area contributed by atoms with Crippen molar-refractivity contribution in [3.8, 4) is 0 Å². The predicted molar refractivity (Wildman–Crippen MR) is 167 cm³/mol. The van der Waals surface area contributed by atoms with Crippen molar-refractivity contribution < 1.29 is 14.4 Å². The van der Waals surface area contributed by atoms with E-state index in [-0.39, 0.29) is 17.4 Å². The van der Waals surface area contributed by atoms with E-state index in [0.717, 1.165) is 14.9 Å². The van der Waals surface area contributed by atoms with Crippen LogP contribution in [0.25, 0.3) is 6.08 Å². The summed E-state index contributed by atoms with van der Waals surface area (Å²) in [5.74, 6) is -1.01. The number of carbonyl (C=O) groups excluding carboxylic acids is 3. The molecule has 0 aliphatic rings. The second kappa shape index (κ2) is 14.2. The highest BCUT2D eigenvalue weighted by Crippen LogP contribution is 2.25. The SMILES string of the molecule is O=C(CSc1cccc(NC(=O)/C(=C\c2cccc(Br)c2)NC(=O)c2ccccc2)c1)Nc1cc(Cl)cc(Cl)c1. The van der Waals surface area contributed by atoms with E-state index < -0.39 is 11.8 Å². The summed E-state index contributed by atoms with van der Waals surface area (Å²) in [7, 11) is 0. The van der Waals surface area contributed by atoms with Crippen LogP contribution in [0.2, 0.25) is 10.0 Å². The van der Waals surface area contributed by atoms with Gasteiger partial charge in [-0.05, 0) is 72.3 Å². The summed E-state index contributed by atoms with van der Waals surface area (Å²) in [5, 5.41) is 9.17. The number of rotatable bonds is 9. The molecular weight excluding hydrogens is 633 g/mol. The molecule has 4 rings (SSSR count). The van der Waals surface area contributed by atoms with Crippen LogP contribution in [-0.4, -0.2) is 23.5 Å². The van der Waals surface area contributed by atoms with E-state index in [1.54, 1.807) is 66.7 Å². The summed E-state index contributed by atoms with van der Waals surface area (Å²) >= 11 is 16.7. The maximum Gasteiger partial charge on any atom is 0.272 e. The Morgan fingerprint density at radius 1 is 0.775 bits per heavy atom. The molecule has 0 aliphatic heterocycles. The maximum absolute atomic E-state index is 13.3. The average Bonchev–Trinajstić information content (AvgIpc) is 2.91. The molecule has 0 aliphatic carbocycles. The van der Waals surface area contributed by atoms with Crippen molar-refractivity contribution in [3.63, 3.8) is 0 Å². The normalized spacial score (nSPS) is 11.0. The predicted octanol–water partition coefficient (Wildman–Crippen LogP) is 7.90. The Kier molecular flexibility index (Phi) is 10.4. The largest absolute Gasteiger partial charge is 0.325 e. The van der Waals surface area contributed by atoms with Crippen LogP contribution < -0.4 is 16.0 Å². The van der Waals surface area contributed by atoms with Gasteiger partial charge in [-0.1, -0.05) is 75.5 Å². The van der Waals surface area contributed by atoms with Gasteiger partial charge in [-0.3, -0.25) is 14.4 Å². The van der Waals surface area contributed by atoms with Gasteiger partial charge in [-0.15, -0.1) is 11.8 Å². The molecule has 0 bridgehead atoms. The molecule has 0 saturated heterocycles. The summed E-state index contributed by atoms with van der Waals surface area (Å²) < 4.78 is 0.836. The van der Waals surface area contributed by atoms with Gasteiger partial charge in [0.2, 0.25) is 5.91 Å². The molecule has 0 aromatic heterocycles. The van der Waals surface area contributed by atoms with E-state index in [0.29, 0.717) is 27.0 Å². The van der Waals surface area contributed by atoms with Gasteiger partial charge in [0.05, 0.1) is 5.75 Å². The Balaban J connectivity index is 1.45. The first-order valence-electron chi connectivity index (χ1n) is 11.9. The molecule has 0 heterocycles. The molecule has 202 valence electrons. The molecule has 40 heavy (non-hydrogen) atoms. The fourth-order valence-electron chi connectivity index (χ4n) is 3.54. The average molecular weight is 655 g/mol. The number of amides is 3. The number of anilines is 2. The van der Waals surface area contributed by atoms with E-state index in [9.17, 15) is 14.4 Å². The molecule has 3 amide bonds. The number of halogens is 3. The van der Waals surface area contributed by atoms with Gasteiger partial charge in [0.15, 0.2) is 0 Å². The molecule has 0 saturated carbocycles. The molecule has 4 aromatic carbocycles. The lowest BCUT2D eigenvalue weighted by atomic mass is 10.1. The van der Waals surface area contributed by atoms with Crippen LogP contribution in [0.4, 0.5) is 11.4 Å². The highest BCUT2D eigenvalue weighted by atomic mass is 79.9. The first-order chi connectivity index (χ1) is 19.2. The van der Waals surface area contributed by atoms with Crippen molar-refractivity contribution in [1.82, 2.24) is 5.32 Å². The standard InChI is InChI=1S/C30H22BrCl2N3O3S/c31-21-9-4-6-19(12-21)13-27(36-29(38)20-7-2-1-3-8-20)30(39)35-24-10-5-11-26(17-24)40-18-28(37)34-25-15-22(32)14-23(33)16-25/h1-17H,18H2,(H,34,37)(H,35,39)(H,36,38)/b27-13+. The number of hydrogen-bond acceptors (Lipinski definition) is 4. The monoisotopic (exact) mass is 653 g/mol. The molecule has 0 unspecified atom stereocenters.